The molecule has 2 aromatic rings. The molecule has 29 heavy (non-hydrogen) atoms. The van der Waals surface area contributed by atoms with Gasteiger partial charge in [0.15, 0.2) is 0 Å². The molecule has 1 aliphatic rings. The predicted octanol–water partition coefficient (Wildman–Crippen LogP) is 1.40. The Morgan fingerprint density at radius 2 is 1.62 bits per heavy atom. The first kappa shape index (κ1) is 21.9. The molecule has 0 aliphatic carbocycles. The van der Waals surface area contributed by atoms with Crippen LogP contribution in [-0.4, -0.2) is 61.4 Å². The fourth-order valence-corrected chi connectivity index (χ4v) is 6.99. The Balaban J connectivity index is 1.79. The van der Waals surface area contributed by atoms with E-state index in [0.717, 1.165) is 0 Å². The summed E-state index contributed by atoms with van der Waals surface area (Å²) in [6.07, 6.45) is 0.355. The Hall–Kier alpha value is -1.82. The van der Waals surface area contributed by atoms with Gasteiger partial charge in [-0.2, -0.15) is 9.40 Å². The van der Waals surface area contributed by atoms with Crippen molar-refractivity contribution in [2.75, 3.05) is 26.2 Å². The standard InChI is InChI=1S/C18H25FN4O4S2/c1-14-18(15(2)21(3)20-14)29(26,27)23-10-6-9-22(11-12-23)28(24,25)13-16-7-4-5-8-17(16)19/h4-5,7-8H,6,9-13H2,1-3H3. The van der Waals surface area contributed by atoms with E-state index in [1.807, 2.05) is 0 Å². The minimum atomic E-state index is -3.79. The van der Waals surface area contributed by atoms with Crippen molar-refractivity contribution in [3.05, 3.63) is 47.0 Å². The predicted molar refractivity (Wildman–Crippen MR) is 107 cm³/mol. The summed E-state index contributed by atoms with van der Waals surface area (Å²) >= 11 is 0. The normalized spacial score (nSPS) is 17.4. The van der Waals surface area contributed by atoms with Crippen LogP contribution in [0, 0.1) is 19.7 Å². The highest BCUT2D eigenvalue weighted by Gasteiger charge is 2.34. The van der Waals surface area contributed by atoms with Gasteiger partial charge < -0.3 is 0 Å². The maximum Gasteiger partial charge on any atom is 0.246 e. The smallest absolute Gasteiger partial charge is 0.246 e. The van der Waals surface area contributed by atoms with Gasteiger partial charge in [0.1, 0.15) is 10.7 Å². The fraction of sp³-hybridized carbons (Fsp3) is 0.500. The second-order valence-electron chi connectivity index (χ2n) is 7.13. The number of nitrogens with zero attached hydrogens (tertiary/aromatic N) is 4. The number of aromatic nitrogens is 2. The molecule has 1 saturated heterocycles. The quantitative estimate of drug-likeness (QED) is 0.695. The van der Waals surface area contributed by atoms with Crippen molar-refractivity contribution in [3.8, 4) is 0 Å². The minimum Gasteiger partial charge on any atom is -0.271 e. The van der Waals surface area contributed by atoms with Crippen LogP contribution in [0.1, 0.15) is 23.4 Å². The van der Waals surface area contributed by atoms with E-state index in [9.17, 15) is 21.2 Å². The van der Waals surface area contributed by atoms with Crippen molar-refractivity contribution in [1.82, 2.24) is 18.4 Å². The number of aryl methyl sites for hydroxylation is 2. The van der Waals surface area contributed by atoms with Gasteiger partial charge in [0, 0.05) is 38.8 Å². The van der Waals surface area contributed by atoms with Gasteiger partial charge in [0.2, 0.25) is 20.0 Å². The Morgan fingerprint density at radius 1 is 1.00 bits per heavy atom. The Morgan fingerprint density at radius 3 is 2.24 bits per heavy atom. The van der Waals surface area contributed by atoms with E-state index in [1.165, 1.54) is 31.5 Å². The van der Waals surface area contributed by atoms with E-state index in [-0.39, 0.29) is 36.6 Å². The second kappa shape index (κ2) is 8.13. The third-order valence-electron chi connectivity index (χ3n) is 5.14. The number of benzene rings is 1. The molecule has 3 rings (SSSR count). The van der Waals surface area contributed by atoms with Gasteiger partial charge in [-0.1, -0.05) is 18.2 Å². The molecule has 8 nitrogen and oxygen atoms in total. The molecule has 0 N–H and O–H groups in total. The highest BCUT2D eigenvalue weighted by atomic mass is 32.2. The van der Waals surface area contributed by atoms with Crippen LogP contribution >= 0.6 is 0 Å². The average molecular weight is 445 g/mol. The topological polar surface area (TPSA) is 92.6 Å². The summed E-state index contributed by atoms with van der Waals surface area (Å²) in [5.41, 5.74) is 1.05. The van der Waals surface area contributed by atoms with Gasteiger partial charge in [-0.05, 0) is 26.3 Å². The molecule has 1 aromatic heterocycles. The third-order valence-corrected chi connectivity index (χ3v) is 9.12. The zero-order valence-electron chi connectivity index (χ0n) is 16.7. The van der Waals surface area contributed by atoms with E-state index >= 15 is 0 Å². The molecule has 0 spiro atoms. The average Bonchev–Trinajstić information content (AvgIpc) is 2.82. The van der Waals surface area contributed by atoms with Gasteiger partial charge in [0.05, 0.1) is 17.1 Å². The molecule has 11 heteroatoms. The molecule has 0 bridgehead atoms. The molecule has 0 amide bonds. The summed E-state index contributed by atoms with van der Waals surface area (Å²) < 4.78 is 69.8. The second-order valence-corrected chi connectivity index (χ2v) is 11.0. The number of rotatable bonds is 5. The molecule has 0 unspecified atom stereocenters. The van der Waals surface area contributed by atoms with E-state index in [0.29, 0.717) is 17.8 Å². The minimum absolute atomic E-state index is 0.0222. The van der Waals surface area contributed by atoms with Crippen LogP contribution in [-0.2, 0) is 32.8 Å². The van der Waals surface area contributed by atoms with Crippen molar-refractivity contribution in [3.63, 3.8) is 0 Å². The Bertz CT molecular complexity index is 1110. The fourth-order valence-electron chi connectivity index (χ4n) is 3.55. The first-order chi connectivity index (χ1) is 13.5. The van der Waals surface area contributed by atoms with Crippen LogP contribution in [0.15, 0.2) is 29.2 Å². The van der Waals surface area contributed by atoms with Gasteiger partial charge in [0.25, 0.3) is 0 Å². The monoisotopic (exact) mass is 444 g/mol. The number of hydrogen-bond donors (Lipinski definition) is 0. The lowest BCUT2D eigenvalue weighted by Gasteiger charge is -2.22. The molecule has 1 fully saturated rings. The molecule has 1 aromatic carbocycles. The summed E-state index contributed by atoms with van der Waals surface area (Å²) in [6.45, 7) is 3.79. The zero-order chi connectivity index (χ0) is 21.4. The zero-order valence-corrected chi connectivity index (χ0v) is 18.3. The summed E-state index contributed by atoms with van der Waals surface area (Å²) in [5.74, 6) is -1.02. The highest BCUT2D eigenvalue weighted by molar-refractivity contribution is 7.89. The van der Waals surface area contributed by atoms with Gasteiger partial charge in [-0.3, -0.25) is 4.68 Å². The Labute approximate surface area is 171 Å². The molecule has 1 aliphatic heterocycles. The van der Waals surface area contributed by atoms with E-state index in [2.05, 4.69) is 5.10 Å². The van der Waals surface area contributed by atoms with E-state index < -0.39 is 31.6 Å². The number of sulfonamides is 2. The Kier molecular flexibility index (Phi) is 6.13. The summed E-state index contributed by atoms with van der Waals surface area (Å²) in [5, 5.41) is 4.17. The first-order valence-electron chi connectivity index (χ1n) is 9.25. The summed E-state index contributed by atoms with van der Waals surface area (Å²) in [7, 11) is -5.88. The highest BCUT2D eigenvalue weighted by Crippen LogP contribution is 2.25. The lowest BCUT2D eigenvalue weighted by molar-refractivity contribution is 0.403. The number of halogens is 1. The van der Waals surface area contributed by atoms with Crippen LogP contribution in [0.25, 0.3) is 0 Å². The molecule has 0 atom stereocenters. The summed E-state index contributed by atoms with van der Waals surface area (Å²) in [4.78, 5) is 0.169. The summed E-state index contributed by atoms with van der Waals surface area (Å²) in [6, 6.07) is 5.75. The van der Waals surface area contributed by atoms with Crippen LogP contribution in [0.3, 0.4) is 0 Å². The van der Waals surface area contributed by atoms with Crippen LogP contribution in [0.2, 0.25) is 0 Å². The molecular formula is C18H25FN4O4S2. The first-order valence-corrected chi connectivity index (χ1v) is 12.3. The number of hydrogen-bond acceptors (Lipinski definition) is 5. The van der Waals surface area contributed by atoms with Crippen LogP contribution < -0.4 is 0 Å². The van der Waals surface area contributed by atoms with Crippen LogP contribution in [0.5, 0.6) is 0 Å². The molecule has 0 radical (unpaired) electrons. The largest absolute Gasteiger partial charge is 0.271 e. The van der Waals surface area contributed by atoms with Gasteiger partial charge in [-0.15, -0.1) is 0 Å². The van der Waals surface area contributed by atoms with Crippen molar-refractivity contribution >= 4 is 20.0 Å². The third kappa shape index (κ3) is 4.37. The molecular weight excluding hydrogens is 419 g/mol. The van der Waals surface area contributed by atoms with Crippen molar-refractivity contribution < 1.29 is 21.2 Å². The van der Waals surface area contributed by atoms with Crippen LogP contribution in [0.4, 0.5) is 4.39 Å². The lowest BCUT2D eigenvalue weighted by atomic mass is 10.2. The molecule has 160 valence electrons. The van der Waals surface area contributed by atoms with E-state index in [1.54, 1.807) is 27.0 Å². The lowest BCUT2D eigenvalue weighted by Crippen LogP contribution is -2.38. The molecule has 0 saturated carbocycles. The molecule has 2 heterocycles. The van der Waals surface area contributed by atoms with Crippen molar-refractivity contribution in [2.45, 2.75) is 30.9 Å². The maximum absolute atomic E-state index is 13.9. The SMILES string of the molecule is Cc1nn(C)c(C)c1S(=O)(=O)N1CCCN(S(=O)(=O)Cc2ccccc2F)CC1. The van der Waals surface area contributed by atoms with Gasteiger partial charge >= 0.3 is 0 Å². The maximum atomic E-state index is 13.9. The van der Waals surface area contributed by atoms with Gasteiger partial charge in [-0.25, -0.2) is 25.5 Å². The van der Waals surface area contributed by atoms with Crippen molar-refractivity contribution in [1.29, 1.82) is 0 Å². The van der Waals surface area contributed by atoms with E-state index in [4.69, 9.17) is 0 Å². The van der Waals surface area contributed by atoms with Crippen molar-refractivity contribution in [2.24, 2.45) is 7.05 Å².